The average molecular weight is 491 g/mol. The van der Waals surface area contributed by atoms with Gasteiger partial charge in [0, 0.05) is 42.3 Å². The van der Waals surface area contributed by atoms with Crippen molar-refractivity contribution in [2.24, 2.45) is 7.05 Å². The molecule has 1 saturated heterocycles. The fourth-order valence-corrected chi connectivity index (χ4v) is 5.39. The Bertz CT molecular complexity index is 1570. The lowest BCUT2D eigenvalue weighted by Crippen LogP contribution is -2.52. The van der Waals surface area contributed by atoms with Gasteiger partial charge in [-0.1, -0.05) is 60.2 Å². The van der Waals surface area contributed by atoms with Crippen LogP contribution in [0.15, 0.2) is 72.8 Å². The van der Waals surface area contributed by atoms with Gasteiger partial charge < -0.3 is 9.47 Å². The lowest BCUT2D eigenvalue weighted by Gasteiger charge is -2.29. The van der Waals surface area contributed by atoms with Gasteiger partial charge in [0.2, 0.25) is 11.8 Å². The van der Waals surface area contributed by atoms with E-state index in [4.69, 9.17) is 4.98 Å². The predicted octanol–water partition coefficient (Wildman–Crippen LogP) is 4.49. The fraction of sp³-hybridized carbons (Fsp3) is 0.200. The Morgan fingerprint density at radius 3 is 2.43 bits per heavy atom. The van der Waals surface area contributed by atoms with Gasteiger partial charge in [-0.3, -0.25) is 19.7 Å². The first-order chi connectivity index (χ1) is 17.9. The van der Waals surface area contributed by atoms with Gasteiger partial charge in [-0.2, -0.15) is 0 Å². The van der Waals surface area contributed by atoms with E-state index in [0.717, 1.165) is 45.0 Å². The maximum atomic E-state index is 13.1. The molecule has 4 aromatic rings. The summed E-state index contributed by atoms with van der Waals surface area (Å²) in [5, 5.41) is 2.36. The van der Waals surface area contributed by atoms with Crippen molar-refractivity contribution in [2.75, 3.05) is 0 Å². The van der Waals surface area contributed by atoms with Crippen LogP contribution in [0.4, 0.5) is 0 Å². The van der Waals surface area contributed by atoms with Crippen LogP contribution in [0.1, 0.15) is 34.3 Å². The summed E-state index contributed by atoms with van der Waals surface area (Å²) in [4.78, 5) is 43.8. The lowest BCUT2D eigenvalue weighted by atomic mass is 10.0. The standard InChI is InChI=1S/C30H26N4O3/c1-18-7-6-10-20(15-18)26-27(19-8-4-3-5-9-19)33(2)28(32-26)21-11-12-23-22(16-21)17-34(30(23)37)24-13-14-25(35)31-29(24)36/h3-12,15-16,24H,13-14,17H2,1-2H3,(H,31,35,36). The summed E-state index contributed by atoms with van der Waals surface area (Å²) in [7, 11) is 2.01. The van der Waals surface area contributed by atoms with Gasteiger partial charge in [-0.15, -0.1) is 0 Å². The van der Waals surface area contributed by atoms with Crippen molar-refractivity contribution in [1.82, 2.24) is 19.8 Å². The van der Waals surface area contributed by atoms with Gasteiger partial charge in [-0.25, -0.2) is 4.98 Å². The molecule has 0 bridgehead atoms. The van der Waals surface area contributed by atoms with Crippen molar-refractivity contribution >= 4 is 17.7 Å². The summed E-state index contributed by atoms with van der Waals surface area (Å²) in [5.41, 5.74) is 7.53. The van der Waals surface area contributed by atoms with E-state index in [9.17, 15) is 14.4 Å². The number of hydrogen-bond acceptors (Lipinski definition) is 4. The molecule has 184 valence electrons. The number of hydrogen-bond donors (Lipinski definition) is 1. The van der Waals surface area contributed by atoms with E-state index in [1.807, 2.05) is 49.5 Å². The van der Waals surface area contributed by atoms with Crippen molar-refractivity contribution in [3.63, 3.8) is 0 Å². The van der Waals surface area contributed by atoms with Crippen molar-refractivity contribution in [1.29, 1.82) is 0 Å². The number of fused-ring (bicyclic) bond motifs is 1. The van der Waals surface area contributed by atoms with Gasteiger partial charge >= 0.3 is 0 Å². The highest BCUT2D eigenvalue weighted by Gasteiger charge is 2.39. The van der Waals surface area contributed by atoms with Gasteiger partial charge in [0.25, 0.3) is 5.91 Å². The minimum atomic E-state index is -0.633. The predicted molar refractivity (Wildman–Crippen MR) is 140 cm³/mol. The van der Waals surface area contributed by atoms with Crippen molar-refractivity contribution in [3.8, 4) is 33.9 Å². The molecule has 1 N–H and O–H groups in total. The summed E-state index contributed by atoms with van der Waals surface area (Å²) in [6.45, 7) is 2.40. The number of nitrogens with one attached hydrogen (secondary N) is 1. The molecule has 3 aromatic carbocycles. The van der Waals surface area contributed by atoms with Crippen LogP contribution in [-0.4, -0.2) is 38.2 Å². The van der Waals surface area contributed by atoms with Crippen LogP contribution in [0.3, 0.4) is 0 Å². The zero-order valence-electron chi connectivity index (χ0n) is 20.7. The van der Waals surface area contributed by atoms with Crippen molar-refractivity contribution < 1.29 is 14.4 Å². The molecule has 2 aliphatic heterocycles. The summed E-state index contributed by atoms with van der Waals surface area (Å²) in [6, 6.07) is 23.6. The second-order valence-electron chi connectivity index (χ2n) is 9.70. The molecular formula is C30H26N4O3. The largest absolute Gasteiger partial charge is 0.327 e. The van der Waals surface area contributed by atoms with Crippen LogP contribution >= 0.6 is 0 Å². The first kappa shape index (κ1) is 22.9. The molecule has 7 heteroatoms. The zero-order chi connectivity index (χ0) is 25.7. The second kappa shape index (κ2) is 8.85. The van der Waals surface area contributed by atoms with Crippen LogP contribution < -0.4 is 5.32 Å². The van der Waals surface area contributed by atoms with Gasteiger partial charge in [0.1, 0.15) is 11.9 Å². The molecule has 1 unspecified atom stereocenters. The van der Waals surface area contributed by atoms with Gasteiger partial charge in [0.15, 0.2) is 0 Å². The molecule has 6 rings (SSSR count). The number of benzene rings is 3. The minimum Gasteiger partial charge on any atom is -0.327 e. The molecular weight excluding hydrogens is 464 g/mol. The number of amides is 3. The lowest BCUT2D eigenvalue weighted by molar-refractivity contribution is -0.136. The Balaban J connectivity index is 1.41. The number of piperidine rings is 1. The summed E-state index contributed by atoms with van der Waals surface area (Å²) >= 11 is 0. The molecule has 0 aliphatic carbocycles. The number of imide groups is 1. The highest BCUT2D eigenvalue weighted by molar-refractivity contribution is 6.05. The third-order valence-corrected chi connectivity index (χ3v) is 7.22. The SMILES string of the molecule is Cc1cccc(-c2nc(-c3ccc4c(c3)CN(C3CCC(=O)NC3=O)C4=O)n(C)c2-c2ccccc2)c1. The Morgan fingerprint density at radius 2 is 1.68 bits per heavy atom. The van der Waals surface area contributed by atoms with Crippen LogP contribution in [-0.2, 0) is 23.2 Å². The fourth-order valence-electron chi connectivity index (χ4n) is 5.39. The molecule has 1 atom stereocenters. The molecule has 0 radical (unpaired) electrons. The van der Waals surface area contributed by atoms with E-state index in [2.05, 4.69) is 47.1 Å². The minimum absolute atomic E-state index is 0.179. The van der Waals surface area contributed by atoms with E-state index in [1.54, 1.807) is 4.90 Å². The normalized spacial score (nSPS) is 17.2. The maximum Gasteiger partial charge on any atom is 0.255 e. The Kier molecular flexibility index (Phi) is 5.48. The number of carbonyl (C=O) groups excluding carboxylic acids is 3. The number of carbonyl (C=O) groups is 3. The molecule has 1 fully saturated rings. The van der Waals surface area contributed by atoms with E-state index in [1.165, 1.54) is 0 Å². The summed E-state index contributed by atoms with van der Waals surface area (Å²) < 4.78 is 2.10. The quantitative estimate of drug-likeness (QED) is 0.427. The third-order valence-electron chi connectivity index (χ3n) is 7.22. The Hall–Kier alpha value is -4.52. The molecule has 2 aliphatic rings. The summed E-state index contributed by atoms with van der Waals surface area (Å²) in [6.07, 6.45) is 0.579. The zero-order valence-corrected chi connectivity index (χ0v) is 20.7. The molecule has 3 heterocycles. The summed E-state index contributed by atoms with van der Waals surface area (Å²) in [5.74, 6) is -0.0791. The van der Waals surface area contributed by atoms with Crippen molar-refractivity contribution in [2.45, 2.75) is 32.4 Å². The van der Waals surface area contributed by atoms with Crippen LogP contribution in [0, 0.1) is 6.92 Å². The monoisotopic (exact) mass is 490 g/mol. The molecule has 3 amide bonds. The van der Waals surface area contributed by atoms with E-state index >= 15 is 0 Å². The third kappa shape index (κ3) is 3.93. The van der Waals surface area contributed by atoms with Crippen LogP contribution in [0.25, 0.3) is 33.9 Å². The van der Waals surface area contributed by atoms with E-state index in [-0.39, 0.29) is 18.2 Å². The Labute approximate surface area is 214 Å². The smallest absolute Gasteiger partial charge is 0.255 e. The average Bonchev–Trinajstić information content (AvgIpc) is 3.41. The highest BCUT2D eigenvalue weighted by Crippen LogP contribution is 2.37. The van der Waals surface area contributed by atoms with Gasteiger partial charge in [-0.05, 0) is 37.1 Å². The first-order valence-corrected chi connectivity index (χ1v) is 12.4. The molecule has 37 heavy (non-hydrogen) atoms. The molecule has 0 spiro atoms. The second-order valence-corrected chi connectivity index (χ2v) is 9.70. The molecule has 7 nitrogen and oxygen atoms in total. The molecule has 1 aromatic heterocycles. The van der Waals surface area contributed by atoms with Crippen LogP contribution in [0.2, 0.25) is 0 Å². The molecule has 0 saturated carbocycles. The number of rotatable bonds is 4. The number of nitrogens with zero attached hydrogens (tertiary/aromatic N) is 3. The van der Waals surface area contributed by atoms with E-state index < -0.39 is 11.9 Å². The first-order valence-electron chi connectivity index (χ1n) is 12.4. The van der Waals surface area contributed by atoms with Gasteiger partial charge in [0.05, 0.1) is 11.4 Å². The number of aryl methyl sites for hydroxylation is 1. The number of aromatic nitrogens is 2. The Morgan fingerprint density at radius 1 is 0.892 bits per heavy atom. The van der Waals surface area contributed by atoms with Crippen molar-refractivity contribution in [3.05, 3.63) is 89.5 Å². The van der Waals surface area contributed by atoms with E-state index in [0.29, 0.717) is 18.5 Å². The topological polar surface area (TPSA) is 84.3 Å². The highest BCUT2D eigenvalue weighted by atomic mass is 16.2. The number of imidazole rings is 1. The maximum absolute atomic E-state index is 13.1. The van der Waals surface area contributed by atoms with Crippen LogP contribution in [0.5, 0.6) is 0 Å².